The van der Waals surface area contributed by atoms with Crippen LogP contribution >= 0.6 is 15.8 Å². The molecule has 0 fully saturated rings. The van der Waals surface area contributed by atoms with Crippen LogP contribution in [0.4, 0.5) is 8.78 Å². The number of rotatable bonds is 4. The van der Waals surface area contributed by atoms with Crippen LogP contribution in [0, 0.1) is 0 Å². The van der Waals surface area contributed by atoms with Gasteiger partial charge in [-0.1, -0.05) is 147 Å². The van der Waals surface area contributed by atoms with Crippen LogP contribution in [0.25, 0.3) is 0 Å². The monoisotopic (exact) mass is 636 g/mol. The number of alkyl halides is 2. The molecule has 7 heteroatoms. The van der Waals surface area contributed by atoms with E-state index in [9.17, 15) is 8.78 Å². The van der Waals surface area contributed by atoms with Gasteiger partial charge in [-0.15, -0.1) is 0 Å². The molecule has 2 aromatic carbocycles. The average Bonchev–Trinajstić information content (AvgIpc) is 2.65. The van der Waals surface area contributed by atoms with Gasteiger partial charge in [0.05, 0.1) is 0 Å². The Morgan fingerprint density at radius 2 is 0.649 bits per heavy atom. The van der Waals surface area contributed by atoms with Crippen molar-refractivity contribution in [3.8, 4) is 0 Å². The molecular weight excluding hydrogens is 590 g/mol. The summed E-state index contributed by atoms with van der Waals surface area (Å²) < 4.78 is 25.1. The smallest absolute Gasteiger partial charge is 1.00 e. The number of hydrogen-bond donors (Lipinski definition) is 0. The molecule has 0 bridgehead atoms. The van der Waals surface area contributed by atoms with Crippen LogP contribution in [0.1, 0.15) is 94.2 Å². The van der Waals surface area contributed by atoms with E-state index in [0.717, 1.165) is 11.1 Å². The zero-order valence-electron chi connectivity index (χ0n) is 24.8. The van der Waals surface area contributed by atoms with E-state index in [1.54, 1.807) is 0 Å². The second-order valence-electron chi connectivity index (χ2n) is 13.0. The van der Waals surface area contributed by atoms with Crippen LogP contribution in [0.5, 0.6) is 0 Å². The van der Waals surface area contributed by atoms with E-state index in [-0.39, 0.29) is 91.1 Å². The molecule has 0 unspecified atom stereocenters. The fourth-order valence-corrected chi connectivity index (χ4v) is 13.0. The van der Waals surface area contributed by atoms with Crippen LogP contribution in [-0.2, 0) is 29.8 Å². The van der Waals surface area contributed by atoms with Crippen molar-refractivity contribution < 1.29 is 50.1 Å². The molecule has 0 aliphatic rings. The number of halogens is 4. The van der Waals surface area contributed by atoms with Crippen molar-refractivity contribution in [1.29, 1.82) is 0 Å². The molecule has 0 saturated carbocycles. The summed E-state index contributed by atoms with van der Waals surface area (Å²) in [6, 6.07) is 16.1. The van der Waals surface area contributed by atoms with Gasteiger partial charge in [0.2, 0.25) is 0 Å². The summed E-state index contributed by atoms with van der Waals surface area (Å²) in [6.07, 6.45) is 0. The third kappa shape index (κ3) is 13.4. The van der Waals surface area contributed by atoms with Crippen LogP contribution < -0.4 is 35.4 Å². The first-order chi connectivity index (χ1) is 15.3. The third-order valence-electron chi connectivity index (χ3n) is 5.38. The zero-order chi connectivity index (χ0) is 26.5. The van der Waals surface area contributed by atoms with Gasteiger partial charge in [-0.25, -0.2) is 8.78 Å². The quantitative estimate of drug-likeness (QED) is 0.354. The fourth-order valence-electron chi connectivity index (χ4n) is 5.03. The molecule has 0 N–H and O–H groups in total. The van der Waals surface area contributed by atoms with Gasteiger partial charge in [-0.05, 0) is 42.4 Å². The Balaban J connectivity index is -0.000000578. The number of benzene rings is 2. The van der Waals surface area contributed by atoms with Crippen LogP contribution in [-0.4, -0.2) is 20.6 Å². The predicted molar refractivity (Wildman–Crippen MR) is 155 cm³/mol. The molecule has 0 aliphatic carbocycles. The Morgan fingerprint density at radius 3 is 0.784 bits per heavy atom. The SMILES string of the molecule is CC(C)(C)P(c1ccc(CF)cc1)C(C)(C)C.CC(C)(C)P(c1ccc(CF)cc1)C(C)(C)C.[Cl-].[Cl-].[Ni+2]. The van der Waals surface area contributed by atoms with Crippen molar-refractivity contribution in [1.82, 2.24) is 0 Å². The van der Waals surface area contributed by atoms with E-state index < -0.39 is 0 Å². The standard InChI is InChI=1S/2C15H24FP.2ClH.Ni/c2*1-14(2,3)17(15(4,5)6)13-9-7-12(11-16)8-10-13;;;/h2*7-10H,11H2,1-6H3;2*1H;/q;;;;+2/p-2. The first-order valence-electron chi connectivity index (χ1n) is 12.2. The Bertz CT molecular complexity index is 773. The zero-order valence-corrected chi connectivity index (χ0v) is 29.0. The summed E-state index contributed by atoms with van der Waals surface area (Å²) in [7, 11) is -0.555. The van der Waals surface area contributed by atoms with Gasteiger partial charge in [0.1, 0.15) is 13.3 Å². The summed E-state index contributed by atoms with van der Waals surface area (Å²) >= 11 is 0. The van der Waals surface area contributed by atoms with Gasteiger partial charge in [0.15, 0.2) is 0 Å². The molecule has 0 aliphatic heterocycles. The summed E-state index contributed by atoms with van der Waals surface area (Å²) in [5.74, 6) is 0. The van der Waals surface area contributed by atoms with Gasteiger partial charge < -0.3 is 24.8 Å². The molecule has 0 radical (unpaired) electrons. The van der Waals surface area contributed by atoms with E-state index in [0.29, 0.717) is 0 Å². The van der Waals surface area contributed by atoms with Gasteiger partial charge in [-0.2, -0.15) is 0 Å². The maximum Gasteiger partial charge on any atom is 2.00 e. The molecule has 2 aromatic rings. The summed E-state index contributed by atoms with van der Waals surface area (Å²) in [6.45, 7) is 26.8. The second kappa shape index (κ2) is 16.5. The first-order valence-corrected chi connectivity index (χ1v) is 14.9. The minimum absolute atomic E-state index is 0. The number of hydrogen-bond acceptors (Lipinski definition) is 0. The van der Waals surface area contributed by atoms with Crippen LogP contribution in [0.15, 0.2) is 48.5 Å². The van der Waals surface area contributed by atoms with Crippen molar-refractivity contribution in [2.45, 2.75) is 117 Å². The van der Waals surface area contributed by atoms with E-state index >= 15 is 0 Å². The molecule has 216 valence electrons. The largest absolute Gasteiger partial charge is 2.00 e. The average molecular weight is 638 g/mol. The Labute approximate surface area is 252 Å². The Morgan fingerprint density at radius 1 is 0.459 bits per heavy atom. The van der Waals surface area contributed by atoms with E-state index in [4.69, 9.17) is 0 Å². The molecule has 0 spiro atoms. The molecular formula is C30H48Cl2F2NiP2. The van der Waals surface area contributed by atoms with Gasteiger partial charge in [0.25, 0.3) is 0 Å². The van der Waals surface area contributed by atoms with Crippen molar-refractivity contribution >= 4 is 26.5 Å². The van der Waals surface area contributed by atoms with Gasteiger partial charge >= 0.3 is 16.5 Å². The molecule has 0 nitrogen and oxygen atoms in total. The minimum Gasteiger partial charge on any atom is -1.00 e. The first kappa shape index (κ1) is 41.7. The van der Waals surface area contributed by atoms with Crippen molar-refractivity contribution in [2.75, 3.05) is 0 Å². The molecule has 0 amide bonds. The van der Waals surface area contributed by atoms with Crippen molar-refractivity contribution in [3.05, 3.63) is 59.7 Å². The van der Waals surface area contributed by atoms with E-state index in [1.165, 1.54) is 10.6 Å². The van der Waals surface area contributed by atoms with Crippen LogP contribution in [0.2, 0.25) is 0 Å². The minimum atomic E-state index is -0.372. The normalized spacial score (nSPS) is 12.1. The van der Waals surface area contributed by atoms with E-state index in [2.05, 4.69) is 107 Å². The van der Waals surface area contributed by atoms with E-state index in [1.807, 2.05) is 24.3 Å². The van der Waals surface area contributed by atoms with Crippen molar-refractivity contribution in [3.63, 3.8) is 0 Å². The molecule has 0 atom stereocenters. The fraction of sp³-hybridized carbons (Fsp3) is 0.600. The molecule has 2 rings (SSSR count). The maximum atomic E-state index is 12.5. The van der Waals surface area contributed by atoms with Crippen molar-refractivity contribution in [2.24, 2.45) is 0 Å². The Hall–Kier alpha value is 0.234. The molecule has 37 heavy (non-hydrogen) atoms. The third-order valence-corrected chi connectivity index (χ3v) is 12.4. The second-order valence-corrected chi connectivity index (χ2v) is 20.7. The Kier molecular flexibility index (Phi) is 18.6. The predicted octanol–water partition coefficient (Wildman–Crippen LogP) is 3.73. The summed E-state index contributed by atoms with van der Waals surface area (Å²) in [5, 5.41) is 3.82. The van der Waals surface area contributed by atoms with Crippen LogP contribution in [0.3, 0.4) is 0 Å². The maximum absolute atomic E-state index is 12.5. The molecule has 0 heterocycles. The summed E-state index contributed by atoms with van der Waals surface area (Å²) in [5.41, 5.74) is 1.54. The summed E-state index contributed by atoms with van der Waals surface area (Å²) in [4.78, 5) is 0. The van der Waals surface area contributed by atoms with Gasteiger partial charge in [0, 0.05) is 0 Å². The van der Waals surface area contributed by atoms with Gasteiger partial charge in [-0.3, -0.25) is 0 Å². The molecule has 0 saturated heterocycles. The topological polar surface area (TPSA) is 0 Å². The molecule has 0 aromatic heterocycles.